The molecular weight excluding hydrogens is 230 g/mol. The molecule has 3 heteroatoms. The lowest BCUT2D eigenvalue weighted by Gasteiger charge is -2.09. The number of aliphatic hydroxyl groups is 1. The van der Waals surface area contributed by atoms with E-state index in [0.29, 0.717) is 6.42 Å². The molecule has 1 aromatic carbocycles. The molecule has 0 aromatic heterocycles. The van der Waals surface area contributed by atoms with E-state index in [1.54, 1.807) is 0 Å². The van der Waals surface area contributed by atoms with E-state index in [4.69, 9.17) is 5.11 Å². The molecule has 0 spiro atoms. The second-order valence-electron chi connectivity index (χ2n) is 2.81. The van der Waals surface area contributed by atoms with E-state index < -0.39 is 0 Å². The first kappa shape index (κ1) is 10.5. The second kappa shape index (κ2) is 5.25. The molecule has 0 saturated carbocycles. The third-order valence-corrected chi connectivity index (χ3v) is 2.31. The summed E-state index contributed by atoms with van der Waals surface area (Å²) in [6.07, 6.45) is 0.704. The summed E-state index contributed by atoms with van der Waals surface area (Å²) in [7, 11) is 0. The second-order valence-corrected chi connectivity index (χ2v) is 3.72. The van der Waals surface area contributed by atoms with Crippen LogP contribution in [0.25, 0.3) is 0 Å². The fraction of sp³-hybridized carbons (Fsp3) is 0.400. The Kier molecular flexibility index (Phi) is 4.25. The SMILES string of the molecule is CCNc1cc(Br)ccc1CCO. The molecule has 0 aliphatic heterocycles. The maximum absolute atomic E-state index is 8.84. The van der Waals surface area contributed by atoms with Crippen molar-refractivity contribution in [1.82, 2.24) is 0 Å². The van der Waals surface area contributed by atoms with Crippen molar-refractivity contribution in [2.45, 2.75) is 13.3 Å². The standard InChI is InChI=1S/C10H14BrNO/c1-2-12-10-7-9(11)4-3-8(10)5-6-13/h3-4,7,12-13H,2,5-6H2,1H3. The summed E-state index contributed by atoms with van der Waals surface area (Å²) in [5.41, 5.74) is 2.26. The van der Waals surface area contributed by atoms with Gasteiger partial charge < -0.3 is 10.4 Å². The Morgan fingerprint density at radius 2 is 2.23 bits per heavy atom. The van der Waals surface area contributed by atoms with Gasteiger partial charge in [0.05, 0.1) is 0 Å². The highest BCUT2D eigenvalue weighted by Gasteiger charge is 2.00. The fourth-order valence-corrected chi connectivity index (χ4v) is 1.60. The Bertz CT molecular complexity index is 276. The zero-order valence-corrected chi connectivity index (χ0v) is 9.26. The van der Waals surface area contributed by atoms with Gasteiger partial charge in [-0.15, -0.1) is 0 Å². The Labute approximate surface area is 87.1 Å². The van der Waals surface area contributed by atoms with Gasteiger partial charge in [0.15, 0.2) is 0 Å². The van der Waals surface area contributed by atoms with Crippen LogP contribution < -0.4 is 5.32 Å². The smallest absolute Gasteiger partial charge is 0.0472 e. The molecule has 0 atom stereocenters. The van der Waals surface area contributed by atoms with Gasteiger partial charge in [-0.1, -0.05) is 22.0 Å². The lowest BCUT2D eigenvalue weighted by atomic mass is 10.1. The topological polar surface area (TPSA) is 32.3 Å². The first-order chi connectivity index (χ1) is 6.27. The third-order valence-electron chi connectivity index (χ3n) is 1.82. The number of hydrogen-bond donors (Lipinski definition) is 2. The molecule has 0 aliphatic carbocycles. The zero-order chi connectivity index (χ0) is 9.68. The lowest BCUT2D eigenvalue weighted by Crippen LogP contribution is -2.02. The maximum atomic E-state index is 8.84. The molecule has 0 heterocycles. The number of halogens is 1. The number of benzene rings is 1. The van der Waals surface area contributed by atoms with Crippen LogP contribution in [0.2, 0.25) is 0 Å². The minimum atomic E-state index is 0.194. The first-order valence-corrected chi connectivity index (χ1v) is 5.20. The van der Waals surface area contributed by atoms with Crippen LogP contribution in [0.5, 0.6) is 0 Å². The van der Waals surface area contributed by atoms with Crippen molar-refractivity contribution in [1.29, 1.82) is 0 Å². The predicted molar refractivity (Wildman–Crippen MR) is 59.1 cm³/mol. The molecule has 0 fully saturated rings. The van der Waals surface area contributed by atoms with Crippen LogP contribution in [0.4, 0.5) is 5.69 Å². The first-order valence-electron chi connectivity index (χ1n) is 4.41. The predicted octanol–water partition coefficient (Wildman–Crippen LogP) is 2.42. The summed E-state index contributed by atoms with van der Waals surface area (Å²) in [5, 5.41) is 12.1. The maximum Gasteiger partial charge on any atom is 0.0472 e. The number of nitrogens with one attached hydrogen (secondary N) is 1. The Hall–Kier alpha value is -0.540. The van der Waals surface area contributed by atoms with Gasteiger partial charge in [0.1, 0.15) is 0 Å². The van der Waals surface area contributed by atoms with E-state index in [-0.39, 0.29) is 6.61 Å². The third kappa shape index (κ3) is 3.01. The molecule has 0 amide bonds. The van der Waals surface area contributed by atoms with Crippen LogP contribution in [0.3, 0.4) is 0 Å². The van der Waals surface area contributed by atoms with Crippen molar-refractivity contribution >= 4 is 21.6 Å². The highest BCUT2D eigenvalue weighted by atomic mass is 79.9. The van der Waals surface area contributed by atoms with Crippen LogP contribution in [0.1, 0.15) is 12.5 Å². The van der Waals surface area contributed by atoms with Crippen LogP contribution in [-0.2, 0) is 6.42 Å². The van der Waals surface area contributed by atoms with E-state index >= 15 is 0 Å². The van der Waals surface area contributed by atoms with E-state index in [1.165, 1.54) is 0 Å². The fourth-order valence-electron chi connectivity index (χ4n) is 1.24. The zero-order valence-electron chi connectivity index (χ0n) is 7.68. The average molecular weight is 244 g/mol. The molecule has 0 bridgehead atoms. The van der Waals surface area contributed by atoms with Crippen LogP contribution in [-0.4, -0.2) is 18.3 Å². The summed E-state index contributed by atoms with van der Waals surface area (Å²) in [5.74, 6) is 0. The average Bonchev–Trinajstić information content (AvgIpc) is 2.10. The van der Waals surface area contributed by atoms with E-state index in [2.05, 4.69) is 28.2 Å². The highest BCUT2D eigenvalue weighted by molar-refractivity contribution is 9.10. The summed E-state index contributed by atoms with van der Waals surface area (Å²) >= 11 is 3.41. The molecule has 13 heavy (non-hydrogen) atoms. The van der Waals surface area contributed by atoms with Gasteiger partial charge in [0, 0.05) is 23.3 Å². The Morgan fingerprint density at radius 3 is 2.85 bits per heavy atom. The number of hydrogen-bond acceptors (Lipinski definition) is 2. The summed E-state index contributed by atoms with van der Waals surface area (Å²) < 4.78 is 1.06. The molecular formula is C10H14BrNO. The monoisotopic (exact) mass is 243 g/mol. The van der Waals surface area contributed by atoms with Gasteiger partial charge >= 0.3 is 0 Å². The van der Waals surface area contributed by atoms with E-state index in [0.717, 1.165) is 22.3 Å². The van der Waals surface area contributed by atoms with Gasteiger partial charge in [-0.3, -0.25) is 0 Å². The minimum Gasteiger partial charge on any atom is -0.396 e. The van der Waals surface area contributed by atoms with Crippen molar-refractivity contribution < 1.29 is 5.11 Å². The molecule has 72 valence electrons. The largest absolute Gasteiger partial charge is 0.396 e. The number of aliphatic hydroxyl groups excluding tert-OH is 1. The lowest BCUT2D eigenvalue weighted by molar-refractivity contribution is 0.300. The van der Waals surface area contributed by atoms with Crippen molar-refractivity contribution in [3.63, 3.8) is 0 Å². The van der Waals surface area contributed by atoms with Crippen molar-refractivity contribution in [2.75, 3.05) is 18.5 Å². The van der Waals surface area contributed by atoms with Crippen molar-refractivity contribution in [3.05, 3.63) is 28.2 Å². The quantitative estimate of drug-likeness (QED) is 0.852. The molecule has 2 N–H and O–H groups in total. The molecule has 0 saturated heterocycles. The molecule has 0 unspecified atom stereocenters. The van der Waals surface area contributed by atoms with Gasteiger partial charge in [-0.05, 0) is 31.0 Å². The van der Waals surface area contributed by atoms with Crippen molar-refractivity contribution in [3.8, 4) is 0 Å². The molecule has 0 radical (unpaired) electrons. The van der Waals surface area contributed by atoms with Gasteiger partial charge in [-0.25, -0.2) is 0 Å². The highest BCUT2D eigenvalue weighted by Crippen LogP contribution is 2.21. The summed E-state index contributed by atoms with van der Waals surface area (Å²) in [4.78, 5) is 0. The van der Waals surface area contributed by atoms with Crippen LogP contribution in [0.15, 0.2) is 22.7 Å². The molecule has 1 rings (SSSR count). The minimum absolute atomic E-state index is 0.194. The molecule has 0 aliphatic rings. The van der Waals surface area contributed by atoms with Gasteiger partial charge in [-0.2, -0.15) is 0 Å². The Balaban J connectivity index is 2.89. The van der Waals surface area contributed by atoms with Crippen LogP contribution >= 0.6 is 15.9 Å². The summed E-state index contributed by atoms with van der Waals surface area (Å²) in [6.45, 7) is 3.15. The Morgan fingerprint density at radius 1 is 1.46 bits per heavy atom. The summed E-state index contributed by atoms with van der Waals surface area (Å²) in [6, 6.07) is 6.05. The number of anilines is 1. The molecule has 1 aromatic rings. The number of rotatable bonds is 4. The van der Waals surface area contributed by atoms with Gasteiger partial charge in [0.25, 0.3) is 0 Å². The van der Waals surface area contributed by atoms with Crippen molar-refractivity contribution in [2.24, 2.45) is 0 Å². The van der Waals surface area contributed by atoms with Gasteiger partial charge in [0.2, 0.25) is 0 Å². The van der Waals surface area contributed by atoms with E-state index in [9.17, 15) is 0 Å². The van der Waals surface area contributed by atoms with Crippen LogP contribution in [0, 0.1) is 0 Å². The van der Waals surface area contributed by atoms with E-state index in [1.807, 2.05) is 18.2 Å². The normalized spacial score (nSPS) is 10.1. The molecule has 2 nitrogen and oxygen atoms in total.